The molecule has 1 aliphatic heterocycles. The zero-order valence-corrected chi connectivity index (χ0v) is 14.6. The molecule has 1 unspecified atom stereocenters. The quantitative estimate of drug-likeness (QED) is 0.491. The molecule has 23 heavy (non-hydrogen) atoms. The highest BCUT2D eigenvalue weighted by Gasteiger charge is 2.40. The fraction of sp³-hybridized carbons (Fsp3) is 0.312. The van der Waals surface area contributed by atoms with Crippen molar-refractivity contribution in [3.63, 3.8) is 0 Å². The van der Waals surface area contributed by atoms with Gasteiger partial charge >= 0.3 is 5.97 Å². The monoisotopic (exact) mass is 380 g/mol. The minimum absolute atomic E-state index is 0.0408. The standard InChI is InChI=1S/C16H17BrN2O4/c1-4-23-16(20)13-9(2)18-10(3)15(19(21)22)14(13)11-5-7-12(17)8-6-11/h5-8,14,18H,4H2,1-3H3. The molecular formula is C16H17BrN2O4. The number of halogens is 1. The Morgan fingerprint density at radius 1 is 1.30 bits per heavy atom. The largest absolute Gasteiger partial charge is 0.463 e. The molecule has 1 atom stereocenters. The molecule has 0 bridgehead atoms. The zero-order valence-electron chi connectivity index (χ0n) is 13.1. The van der Waals surface area contributed by atoms with E-state index in [1.807, 2.05) is 0 Å². The van der Waals surface area contributed by atoms with Gasteiger partial charge in [0.15, 0.2) is 0 Å². The maximum absolute atomic E-state index is 12.4. The van der Waals surface area contributed by atoms with Crippen LogP contribution in [0, 0.1) is 10.1 Å². The predicted octanol–water partition coefficient (Wildman–Crippen LogP) is 3.48. The average Bonchev–Trinajstić information content (AvgIpc) is 2.46. The topological polar surface area (TPSA) is 81.5 Å². The average molecular weight is 381 g/mol. The Morgan fingerprint density at radius 3 is 2.43 bits per heavy atom. The summed E-state index contributed by atoms with van der Waals surface area (Å²) in [5.74, 6) is -1.31. The number of hydrogen-bond acceptors (Lipinski definition) is 5. The molecule has 0 aliphatic carbocycles. The number of carbonyl (C=O) groups is 1. The van der Waals surface area contributed by atoms with E-state index >= 15 is 0 Å². The number of rotatable bonds is 4. The van der Waals surface area contributed by atoms with Crippen LogP contribution in [0.1, 0.15) is 32.3 Å². The Balaban J connectivity index is 2.63. The van der Waals surface area contributed by atoms with Crippen LogP contribution in [-0.2, 0) is 9.53 Å². The Bertz CT molecular complexity index is 707. The Kier molecular flexibility index (Phi) is 5.20. The van der Waals surface area contributed by atoms with Crippen LogP contribution in [0.4, 0.5) is 0 Å². The Hall–Kier alpha value is -2.15. The van der Waals surface area contributed by atoms with Crippen molar-refractivity contribution in [2.75, 3.05) is 6.61 Å². The molecule has 1 aliphatic rings. The molecule has 122 valence electrons. The maximum Gasteiger partial charge on any atom is 0.336 e. The number of nitrogens with zero attached hydrogens (tertiary/aromatic N) is 1. The number of esters is 1. The number of dihydropyridines is 1. The summed E-state index contributed by atoms with van der Waals surface area (Å²) in [4.78, 5) is 23.5. The first kappa shape index (κ1) is 17.2. The third-order valence-electron chi connectivity index (χ3n) is 3.62. The molecule has 0 saturated heterocycles. The van der Waals surface area contributed by atoms with Gasteiger partial charge < -0.3 is 10.1 Å². The van der Waals surface area contributed by atoms with E-state index in [1.54, 1.807) is 45.0 Å². The molecular weight excluding hydrogens is 364 g/mol. The van der Waals surface area contributed by atoms with Crippen LogP contribution >= 0.6 is 15.9 Å². The van der Waals surface area contributed by atoms with Crippen LogP contribution in [-0.4, -0.2) is 17.5 Å². The molecule has 1 N–H and O–H groups in total. The van der Waals surface area contributed by atoms with Crippen molar-refractivity contribution in [1.82, 2.24) is 5.32 Å². The molecule has 1 aromatic rings. The first-order chi connectivity index (χ1) is 10.9. The molecule has 0 radical (unpaired) electrons. The fourth-order valence-electron chi connectivity index (χ4n) is 2.68. The molecule has 0 spiro atoms. The first-order valence-corrected chi connectivity index (χ1v) is 7.91. The minimum atomic E-state index is -0.765. The third kappa shape index (κ3) is 3.44. The van der Waals surface area contributed by atoms with Gasteiger partial charge in [0.25, 0.3) is 5.70 Å². The van der Waals surface area contributed by atoms with Crippen LogP contribution in [0.15, 0.2) is 51.4 Å². The number of allylic oxidation sites excluding steroid dienone is 3. The van der Waals surface area contributed by atoms with Crippen molar-refractivity contribution in [2.24, 2.45) is 0 Å². The molecule has 2 rings (SSSR count). The van der Waals surface area contributed by atoms with Crippen molar-refractivity contribution >= 4 is 21.9 Å². The summed E-state index contributed by atoms with van der Waals surface area (Å²) >= 11 is 3.34. The van der Waals surface area contributed by atoms with Crippen molar-refractivity contribution in [2.45, 2.75) is 26.7 Å². The van der Waals surface area contributed by atoms with Crippen molar-refractivity contribution in [3.8, 4) is 0 Å². The molecule has 6 nitrogen and oxygen atoms in total. The summed E-state index contributed by atoms with van der Waals surface area (Å²) in [5, 5.41) is 14.5. The summed E-state index contributed by atoms with van der Waals surface area (Å²) in [6, 6.07) is 7.12. The van der Waals surface area contributed by atoms with Crippen molar-refractivity contribution < 1.29 is 14.5 Å². The van der Waals surface area contributed by atoms with Crippen LogP contribution in [0.2, 0.25) is 0 Å². The van der Waals surface area contributed by atoms with E-state index in [9.17, 15) is 14.9 Å². The summed E-state index contributed by atoms with van der Waals surface area (Å²) in [6.45, 7) is 5.26. The van der Waals surface area contributed by atoms with E-state index < -0.39 is 16.8 Å². The minimum Gasteiger partial charge on any atom is -0.463 e. The summed E-state index contributed by atoms with van der Waals surface area (Å²) in [6.07, 6.45) is 0. The molecule has 0 aromatic heterocycles. The van der Waals surface area contributed by atoms with E-state index in [-0.39, 0.29) is 17.9 Å². The van der Waals surface area contributed by atoms with E-state index in [2.05, 4.69) is 21.2 Å². The van der Waals surface area contributed by atoms with Gasteiger partial charge in [0.1, 0.15) is 5.92 Å². The smallest absolute Gasteiger partial charge is 0.336 e. The van der Waals surface area contributed by atoms with E-state index in [1.165, 1.54) is 0 Å². The summed E-state index contributed by atoms with van der Waals surface area (Å²) in [5.41, 5.74) is 1.89. The van der Waals surface area contributed by atoms with Crippen LogP contribution < -0.4 is 5.32 Å². The number of carbonyl (C=O) groups excluding carboxylic acids is 1. The third-order valence-corrected chi connectivity index (χ3v) is 4.15. The van der Waals surface area contributed by atoms with Gasteiger partial charge in [-0.2, -0.15) is 0 Å². The highest BCUT2D eigenvalue weighted by molar-refractivity contribution is 9.10. The highest BCUT2D eigenvalue weighted by atomic mass is 79.9. The highest BCUT2D eigenvalue weighted by Crippen LogP contribution is 2.39. The number of nitro groups is 1. The number of nitrogens with one attached hydrogen (secondary N) is 1. The second-order valence-corrected chi connectivity index (χ2v) is 6.05. The van der Waals surface area contributed by atoms with E-state index in [4.69, 9.17) is 4.74 Å². The van der Waals surface area contributed by atoms with Crippen LogP contribution in [0.5, 0.6) is 0 Å². The Labute approximate surface area is 142 Å². The van der Waals surface area contributed by atoms with Gasteiger partial charge in [-0.1, -0.05) is 28.1 Å². The number of hydrogen-bond donors (Lipinski definition) is 1. The van der Waals surface area contributed by atoms with Crippen LogP contribution in [0.3, 0.4) is 0 Å². The molecule has 0 saturated carbocycles. The van der Waals surface area contributed by atoms with Gasteiger partial charge in [0.05, 0.1) is 22.8 Å². The Morgan fingerprint density at radius 2 is 1.91 bits per heavy atom. The SMILES string of the molecule is CCOC(=O)C1=C(C)NC(C)=C([N+](=O)[O-])C1c1ccc(Br)cc1. The summed E-state index contributed by atoms with van der Waals surface area (Å²) < 4.78 is 5.96. The van der Waals surface area contributed by atoms with Gasteiger partial charge in [-0.25, -0.2) is 4.79 Å². The normalized spacial score (nSPS) is 17.8. The lowest BCUT2D eigenvalue weighted by atomic mass is 9.84. The second-order valence-electron chi connectivity index (χ2n) is 5.14. The maximum atomic E-state index is 12.4. The summed E-state index contributed by atoms with van der Waals surface area (Å²) in [7, 11) is 0. The van der Waals surface area contributed by atoms with Gasteiger partial charge in [-0.05, 0) is 38.5 Å². The lowest BCUT2D eigenvalue weighted by molar-refractivity contribution is -0.431. The first-order valence-electron chi connectivity index (χ1n) is 7.12. The van der Waals surface area contributed by atoms with Gasteiger partial charge in [-0.3, -0.25) is 10.1 Å². The van der Waals surface area contributed by atoms with Gasteiger partial charge in [-0.15, -0.1) is 0 Å². The molecule has 0 fully saturated rings. The molecule has 1 heterocycles. The predicted molar refractivity (Wildman–Crippen MR) is 89.0 cm³/mol. The van der Waals surface area contributed by atoms with E-state index in [0.29, 0.717) is 17.0 Å². The lowest BCUT2D eigenvalue weighted by Gasteiger charge is -2.26. The molecule has 0 amide bonds. The van der Waals surface area contributed by atoms with Crippen molar-refractivity contribution in [1.29, 1.82) is 0 Å². The van der Waals surface area contributed by atoms with Crippen molar-refractivity contribution in [3.05, 3.63) is 67.1 Å². The number of ether oxygens (including phenoxy) is 1. The molecule has 7 heteroatoms. The van der Waals surface area contributed by atoms with Gasteiger partial charge in [0.2, 0.25) is 0 Å². The second kappa shape index (κ2) is 6.95. The fourth-order valence-corrected chi connectivity index (χ4v) is 2.95. The van der Waals surface area contributed by atoms with Crippen LogP contribution in [0.25, 0.3) is 0 Å². The zero-order chi connectivity index (χ0) is 17.1. The lowest BCUT2D eigenvalue weighted by Crippen LogP contribution is -2.31. The van der Waals surface area contributed by atoms with Gasteiger partial charge in [0, 0.05) is 10.2 Å². The molecule has 1 aromatic carbocycles. The van der Waals surface area contributed by atoms with E-state index in [0.717, 1.165) is 4.47 Å². The number of benzene rings is 1.